The minimum Gasteiger partial charge on any atom is -0.378 e. The molecule has 0 aliphatic rings. The molecule has 2 aromatic carbocycles. The van der Waals surface area contributed by atoms with Gasteiger partial charge in [0.25, 0.3) is 0 Å². The number of alkyl halides is 3. The Balaban J connectivity index is 2.31. The van der Waals surface area contributed by atoms with E-state index in [-0.39, 0.29) is 11.4 Å². The maximum absolute atomic E-state index is 13.0. The predicted molar refractivity (Wildman–Crippen MR) is 82.6 cm³/mol. The Hall–Kier alpha value is -1.31. The first-order valence-electron chi connectivity index (χ1n) is 6.16. The Kier molecular flexibility index (Phi) is 4.75. The highest BCUT2D eigenvalue weighted by molar-refractivity contribution is 14.1. The Bertz CT molecular complexity index is 640. The van der Waals surface area contributed by atoms with Crippen LogP contribution in [0.4, 0.5) is 23.2 Å². The largest absolute Gasteiger partial charge is 0.416 e. The number of hydrogen-bond acceptors (Lipinski definition) is 1. The van der Waals surface area contributed by atoms with E-state index in [2.05, 4.69) is 5.32 Å². The number of anilines is 1. The van der Waals surface area contributed by atoms with Crippen LogP contribution >= 0.6 is 22.6 Å². The first-order chi connectivity index (χ1) is 9.79. The van der Waals surface area contributed by atoms with Crippen molar-refractivity contribution >= 4 is 28.3 Å². The zero-order valence-corrected chi connectivity index (χ0v) is 13.2. The molecule has 21 heavy (non-hydrogen) atoms. The van der Waals surface area contributed by atoms with Crippen LogP contribution in [0.1, 0.15) is 24.1 Å². The summed E-state index contributed by atoms with van der Waals surface area (Å²) in [6.45, 7) is 1.64. The van der Waals surface area contributed by atoms with Crippen molar-refractivity contribution in [2.75, 3.05) is 5.32 Å². The molecule has 0 saturated carbocycles. The summed E-state index contributed by atoms with van der Waals surface area (Å²) in [5.74, 6) is -0.381. The Morgan fingerprint density at radius 1 is 1.10 bits per heavy atom. The summed E-state index contributed by atoms with van der Waals surface area (Å²) >= 11 is 1.94. The lowest BCUT2D eigenvalue weighted by molar-refractivity contribution is -0.138. The van der Waals surface area contributed by atoms with Gasteiger partial charge in [0.15, 0.2) is 0 Å². The molecule has 0 aromatic heterocycles. The molecular formula is C15H12F4IN. The molecule has 2 rings (SSSR count). The third kappa shape index (κ3) is 3.87. The summed E-state index contributed by atoms with van der Waals surface area (Å²) < 4.78 is 52.7. The number of halogens is 5. The van der Waals surface area contributed by atoms with Crippen LogP contribution in [0.3, 0.4) is 0 Å². The standard InChI is InChI=1S/C15H12F4IN/c1-9(21-14-7-6-10(16)8-13(14)20)11-4-2-3-5-12(11)15(17,18)19/h2-9,21H,1H3. The molecule has 2 aromatic rings. The Morgan fingerprint density at radius 2 is 1.76 bits per heavy atom. The van der Waals surface area contributed by atoms with Gasteiger partial charge in [-0.2, -0.15) is 13.2 Å². The van der Waals surface area contributed by atoms with Crippen LogP contribution in [0.15, 0.2) is 42.5 Å². The third-order valence-corrected chi connectivity index (χ3v) is 3.93. The fourth-order valence-electron chi connectivity index (χ4n) is 2.05. The Labute approximate surface area is 133 Å². The highest BCUT2D eigenvalue weighted by Gasteiger charge is 2.34. The van der Waals surface area contributed by atoms with Crippen molar-refractivity contribution in [3.8, 4) is 0 Å². The molecule has 0 aliphatic heterocycles. The van der Waals surface area contributed by atoms with E-state index in [4.69, 9.17) is 0 Å². The van der Waals surface area contributed by atoms with Gasteiger partial charge in [-0.1, -0.05) is 18.2 Å². The minimum atomic E-state index is -4.40. The second-order valence-corrected chi connectivity index (χ2v) is 5.74. The van der Waals surface area contributed by atoms with Crippen LogP contribution in [0.25, 0.3) is 0 Å². The lowest BCUT2D eigenvalue weighted by atomic mass is 10.0. The number of nitrogens with one attached hydrogen (secondary N) is 1. The van der Waals surface area contributed by atoms with Crippen molar-refractivity contribution in [1.82, 2.24) is 0 Å². The molecule has 1 N–H and O–H groups in total. The van der Waals surface area contributed by atoms with E-state index in [1.165, 1.54) is 30.3 Å². The highest BCUT2D eigenvalue weighted by atomic mass is 127. The summed E-state index contributed by atoms with van der Waals surface area (Å²) in [5, 5.41) is 2.99. The van der Waals surface area contributed by atoms with Crippen LogP contribution in [-0.2, 0) is 6.18 Å². The SMILES string of the molecule is CC(Nc1ccc(F)cc1I)c1ccccc1C(F)(F)F. The monoisotopic (exact) mass is 409 g/mol. The molecule has 1 unspecified atom stereocenters. The zero-order chi connectivity index (χ0) is 15.6. The van der Waals surface area contributed by atoms with Crippen molar-refractivity contribution in [2.24, 2.45) is 0 Å². The van der Waals surface area contributed by atoms with E-state index in [0.717, 1.165) is 6.07 Å². The van der Waals surface area contributed by atoms with E-state index in [9.17, 15) is 17.6 Å². The highest BCUT2D eigenvalue weighted by Crippen LogP contribution is 2.35. The molecule has 0 aliphatic carbocycles. The van der Waals surface area contributed by atoms with Crippen LogP contribution < -0.4 is 5.32 Å². The second kappa shape index (κ2) is 6.21. The lowest BCUT2D eigenvalue weighted by Crippen LogP contribution is -2.15. The molecule has 0 saturated heterocycles. The first-order valence-corrected chi connectivity index (χ1v) is 7.24. The minimum absolute atomic E-state index is 0.158. The van der Waals surface area contributed by atoms with Gasteiger partial charge >= 0.3 is 6.18 Å². The Morgan fingerprint density at radius 3 is 2.38 bits per heavy atom. The fraction of sp³-hybridized carbons (Fsp3) is 0.200. The molecule has 0 heterocycles. The zero-order valence-electron chi connectivity index (χ0n) is 11.0. The molecule has 112 valence electrons. The number of benzene rings is 2. The van der Waals surface area contributed by atoms with Crippen molar-refractivity contribution in [1.29, 1.82) is 0 Å². The average molecular weight is 409 g/mol. The van der Waals surface area contributed by atoms with Crippen molar-refractivity contribution in [3.63, 3.8) is 0 Å². The van der Waals surface area contributed by atoms with Crippen molar-refractivity contribution < 1.29 is 17.6 Å². The van der Waals surface area contributed by atoms with Crippen LogP contribution in [0.2, 0.25) is 0 Å². The smallest absolute Gasteiger partial charge is 0.378 e. The molecule has 1 nitrogen and oxygen atoms in total. The maximum Gasteiger partial charge on any atom is 0.416 e. The van der Waals surface area contributed by atoms with E-state index < -0.39 is 17.8 Å². The van der Waals surface area contributed by atoms with Gasteiger partial charge in [-0.25, -0.2) is 4.39 Å². The number of rotatable bonds is 3. The van der Waals surface area contributed by atoms with E-state index in [0.29, 0.717) is 9.26 Å². The average Bonchev–Trinajstić information content (AvgIpc) is 2.41. The third-order valence-electron chi connectivity index (χ3n) is 3.04. The molecule has 0 amide bonds. The van der Waals surface area contributed by atoms with Gasteiger partial charge in [0.05, 0.1) is 5.56 Å². The van der Waals surface area contributed by atoms with Crippen LogP contribution in [-0.4, -0.2) is 0 Å². The van der Waals surface area contributed by atoms with Crippen LogP contribution in [0.5, 0.6) is 0 Å². The predicted octanol–water partition coefficient (Wildman–Crippen LogP) is 5.62. The molecule has 1 atom stereocenters. The first kappa shape index (κ1) is 16.1. The molecule has 0 fully saturated rings. The summed E-state index contributed by atoms with van der Waals surface area (Å²) in [6.07, 6.45) is -4.40. The summed E-state index contributed by atoms with van der Waals surface area (Å²) in [4.78, 5) is 0. The summed E-state index contributed by atoms with van der Waals surface area (Å²) in [6, 6.07) is 8.99. The number of hydrogen-bond donors (Lipinski definition) is 1. The van der Waals surface area contributed by atoms with Crippen LogP contribution in [0, 0.1) is 9.39 Å². The summed E-state index contributed by atoms with van der Waals surface area (Å²) in [5.41, 5.74) is 0.0914. The van der Waals surface area contributed by atoms with Gasteiger partial charge in [0.1, 0.15) is 5.82 Å². The van der Waals surface area contributed by atoms with Gasteiger partial charge in [-0.05, 0) is 59.3 Å². The van der Waals surface area contributed by atoms with Gasteiger partial charge < -0.3 is 5.32 Å². The van der Waals surface area contributed by atoms with E-state index in [1.807, 2.05) is 22.6 Å². The molecule has 0 radical (unpaired) electrons. The topological polar surface area (TPSA) is 12.0 Å². The second-order valence-electron chi connectivity index (χ2n) is 4.58. The van der Waals surface area contributed by atoms with Crippen molar-refractivity contribution in [2.45, 2.75) is 19.1 Å². The molecule has 0 bridgehead atoms. The van der Waals surface area contributed by atoms with Gasteiger partial charge in [0.2, 0.25) is 0 Å². The van der Waals surface area contributed by atoms with Crippen molar-refractivity contribution in [3.05, 3.63) is 63.0 Å². The van der Waals surface area contributed by atoms with Gasteiger partial charge in [-0.15, -0.1) is 0 Å². The van der Waals surface area contributed by atoms with Gasteiger partial charge in [0, 0.05) is 15.3 Å². The quantitative estimate of drug-likeness (QED) is 0.513. The summed E-state index contributed by atoms with van der Waals surface area (Å²) in [7, 11) is 0. The maximum atomic E-state index is 13.0. The van der Waals surface area contributed by atoms with Gasteiger partial charge in [-0.3, -0.25) is 0 Å². The van der Waals surface area contributed by atoms with E-state index >= 15 is 0 Å². The molecule has 0 spiro atoms. The molecular weight excluding hydrogens is 397 g/mol. The molecule has 6 heteroatoms. The lowest BCUT2D eigenvalue weighted by Gasteiger charge is -2.21. The van der Waals surface area contributed by atoms with E-state index in [1.54, 1.807) is 13.0 Å². The fourth-order valence-corrected chi connectivity index (χ4v) is 2.68. The normalized spacial score (nSPS) is 13.0.